The number of halogens is 2. The molecular formula is C32H36F2N10O3S. The van der Waals surface area contributed by atoms with Crippen molar-refractivity contribution in [2.45, 2.75) is 68.5 Å². The number of piperidine rings is 1. The van der Waals surface area contributed by atoms with Gasteiger partial charge in [-0.3, -0.25) is 14.4 Å². The van der Waals surface area contributed by atoms with Crippen LogP contribution in [0.5, 0.6) is 5.75 Å². The molecular weight excluding hydrogens is 642 g/mol. The number of carbonyl (C=O) groups excluding carboxylic acids is 1. The highest BCUT2D eigenvalue weighted by Gasteiger charge is 2.29. The molecule has 1 N–H and O–H groups in total. The van der Waals surface area contributed by atoms with Crippen LogP contribution < -0.4 is 10.1 Å². The third-order valence-electron chi connectivity index (χ3n) is 8.50. The van der Waals surface area contributed by atoms with E-state index in [0.717, 1.165) is 50.5 Å². The molecule has 1 aromatic carbocycles. The lowest BCUT2D eigenvalue weighted by Crippen LogP contribution is -2.42. The maximum Gasteiger partial charge on any atom is 0.387 e. The van der Waals surface area contributed by atoms with Crippen molar-refractivity contribution in [1.29, 1.82) is 0 Å². The van der Waals surface area contributed by atoms with Crippen LogP contribution in [0.1, 0.15) is 55.2 Å². The zero-order valence-corrected chi connectivity index (χ0v) is 27.4. The van der Waals surface area contributed by atoms with Gasteiger partial charge >= 0.3 is 6.61 Å². The number of likely N-dealkylation sites (tertiary alicyclic amines) is 1. The fourth-order valence-corrected chi connectivity index (χ4v) is 7.14. The molecule has 2 fully saturated rings. The summed E-state index contributed by atoms with van der Waals surface area (Å²) in [5.74, 6) is -0.534. The molecule has 0 saturated carbocycles. The van der Waals surface area contributed by atoms with E-state index in [9.17, 15) is 13.6 Å². The minimum Gasteiger partial charge on any atom is -0.434 e. The van der Waals surface area contributed by atoms with Crippen LogP contribution in [0.3, 0.4) is 0 Å². The lowest BCUT2D eigenvalue weighted by Gasteiger charge is -2.35. The summed E-state index contributed by atoms with van der Waals surface area (Å²) in [6.45, 7) is 4.88. The van der Waals surface area contributed by atoms with E-state index in [1.165, 1.54) is 16.8 Å². The van der Waals surface area contributed by atoms with Crippen LogP contribution in [0.25, 0.3) is 16.9 Å². The Bertz CT molecular complexity index is 1880. The Morgan fingerprint density at radius 3 is 2.79 bits per heavy atom. The van der Waals surface area contributed by atoms with E-state index in [-0.39, 0.29) is 34.8 Å². The summed E-state index contributed by atoms with van der Waals surface area (Å²) < 4.78 is 42.6. The Balaban J connectivity index is 1.17. The number of alkyl halides is 2. The molecule has 4 aromatic heterocycles. The van der Waals surface area contributed by atoms with Crippen LogP contribution in [-0.2, 0) is 11.3 Å². The third-order valence-corrected chi connectivity index (χ3v) is 9.50. The SMILES string of the molecule is CC(C)Sc1ccc(OC(F)F)c(-c2nn(Cc3cn(C4CCN(C5CCOC5)CC4)nn3)cc2NC(=O)c2cnn3cccnc23)c1. The van der Waals surface area contributed by atoms with Gasteiger partial charge in [0.1, 0.15) is 22.7 Å². The summed E-state index contributed by atoms with van der Waals surface area (Å²) >= 11 is 1.57. The summed E-state index contributed by atoms with van der Waals surface area (Å²) in [4.78, 5) is 21.2. The first-order chi connectivity index (χ1) is 23.3. The van der Waals surface area contributed by atoms with Crippen molar-refractivity contribution in [3.63, 3.8) is 0 Å². The number of anilines is 1. The first kappa shape index (κ1) is 32.2. The van der Waals surface area contributed by atoms with Crippen LogP contribution in [0.4, 0.5) is 14.5 Å². The van der Waals surface area contributed by atoms with Crippen LogP contribution in [-0.4, -0.2) is 94.4 Å². The van der Waals surface area contributed by atoms with Gasteiger partial charge in [-0.25, -0.2) is 14.2 Å². The largest absolute Gasteiger partial charge is 0.434 e. The molecule has 16 heteroatoms. The van der Waals surface area contributed by atoms with Crippen molar-refractivity contribution in [2.24, 2.45) is 0 Å². The Morgan fingerprint density at radius 2 is 2.02 bits per heavy atom. The third kappa shape index (κ3) is 7.05. The molecule has 2 aliphatic heterocycles. The van der Waals surface area contributed by atoms with Crippen LogP contribution in [0.15, 0.2) is 60.1 Å². The number of carbonyl (C=O) groups is 1. The maximum atomic E-state index is 13.6. The van der Waals surface area contributed by atoms with Crippen LogP contribution in [0, 0.1) is 0 Å². The minimum atomic E-state index is -3.05. The number of nitrogens with one attached hydrogen (secondary N) is 1. The molecule has 5 aromatic rings. The van der Waals surface area contributed by atoms with E-state index in [2.05, 4.69) is 30.6 Å². The Morgan fingerprint density at radius 1 is 1.17 bits per heavy atom. The first-order valence-corrected chi connectivity index (χ1v) is 16.8. The van der Waals surface area contributed by atoms with Gasteiger partial charge in [0.05, 0.1) is 37.3 Å². The predicted molar refractivity (Wildman–Crippen MR) is 174 cm³/mol. The second kappa shape index (κ2) is 14.0. The molecule has 1 amide bonds. The van der Waals surface area contributed by atoms with Gasteiger partial charge in [0.15, 0.2) is 5.65 Å². The molecule has 7 rings (SSSR count). The number of fused-ring (bicyclic) bond motifs is 1. The van der Waals surface area contributed by atoms with Crippen molar-refractivity contribution in [1.82, 2.24) is 44.3 Å². The van der Waals surface area contributed by atoms with Crippen LogP contribution >= 0.6 is 11.8 Å². The number of rotatable bonds is 11. The number of benzene rings is 1. The van der Waals surface area contributed by atoms with Gasteiger partial charge in [-0.15, -0.1) is 16.9 Å². The van der Waals surface area contributed by atoms with E-state index in [1.54, 1.807) is 53.2 Å². The fraction of sp³-hybridized carbons (Fsp3) is 0.438. The Hall–Kier alpha value is -4.41. The summed E-state index contributed by atoms with van der Waals surface area (Å²) in [6, 6.07) is 7.44. The standard InChI is InChI=1S/C32H36F2N10O3S/c1-20(2)48-24-4-5-28(47-32(33)34)25(14-24)29-27(37-31(45)26-15-36-43-10-3-9-35-30(26)43)18-42(39-29)16-21-17-44(40-38-21)22-6-11-41(12-7-22)23-8-13-46-19-23/h3-5,9-10,14-15,17-18,20,22-23,32H,6-8,11-13,16,19H2,1-2H3,(H,37,45). The Kier molecular flexibility index (Phi) is 9.36. The Labute approximate surface area is 279 Å². The molecule has 0 spiro atoms. The first-order valence-electron chi connectivity index (χ1n) is 16.0. The molecule has 2 saturated heterocycles. The lowest BCUT2D eigenvalue weighted by atomic mass is 10.0. The number of ether oxygens (including phenoxy) is 2. The maximum absolute atomic E-state index is 13.6. The highest BCUT2D eigenvalue weighted by atomic mass is 32.2. The molecule has 0 aliphatic carbocycles. The quantitative estimate of drug-likeness (QED) is 0.190. The molecule has 0 bridgehead atoms. The van der Waals surface area contributed by atoms with Gasteiger partial charge in [-0.05, 0) is 43.5 Å². The van der Waals surface area contributed by atoms with Gasteiger partial charge in [-0.1, -0.05) is 19.1 Å². The number of nitrogens with zero attached hydrogens (tertiary/aromatic N) is 9. The number of thioether (sulfide) groups is 1. The van der Waals surface area contributed by atoms with Gasteiger partial charge in [-0.2, -0.15) is 19.0 Å². The average molecular weight is 679 g/mol. The van der Waals surface area contributed by atoms with Crippen molar-refractivity contribution >= 4 is 29.0 Å². The van der Waals surface area contributed by atoms with Crippen molar-refractivity contribution in [3.8, 4) is 17.0 Å². The van der Waals surface area contributed by atoms with Crippen molar-refractivity contribution in [2.75, 3.05) is 31.6 Å². The van der Waals surface area contributed by atoms with Gasteiger partial charge in [0.2, 0.25) is 0 Å². The van der Waals surface area contributed by atoms with Gasteiger partial charge < -0.3 is 14.8 Å². The summed E-state index contributed by atoms with van der Waals surface area (Å²) in [6.07, 6.45) is 11.3. The van der Waals surface area contributed by atoms with E-state index in [0.29, 0.717) is 28.6 Å². The van der Waals surface area contributed by atoms with E-state index in [4.69, 9.17) is 14.6 Å². The monoisotopic (exact) mass is 678 g/mol. The van der Waals surface area contributed by atoms with Crippen LogP contribution in [0.2, 0.25) is 0 Å². The molecule has 1 atom stereocenters. The topological polar surface area (TPSA) is 130 Å². The predicted octanol–water partition coefficient (Wildman–Crippen LogP) is 5.01. The molecule has 48 heavy (non-hydrogen) atoms. The summed E-state index contributed by atoms with van der Waals surface area (Å²) in [5, 5.41) is 21.0. The molecule has 252 valence electrons. The average Bonchev–Trinajstić information content (AvgIpc) is 3.89. The van der Waals surface area contributed by atoms with E-state index in [1.807, 2.05) is 24.7 Å². The fourth-order valence-electron chi connectivity index (χ4n) is 6.26. The van der Waals surface area contributed by atoms with Crippen molar-refractivity contribution in [3.05, 3.63) is 66.5 Å². The minimum absolute atomic E-state index is 0.0574. The van der Waals surface area contributed by atoms with Gasteiger partial charge in [0, 0.05) is 60.0 Å². The number of hydrogen-bond acceptors (Lipinski definition) is 10. The molecule has 1 unspecified atom stereocenters. The van der Waals surface area contributed by atoms with Crippen molar-refractivity contribution < 1.29 is 23.0 Å². The highest BCUT2D eigenvalue weighted by Crippen LogP contribution is 2.39. The highest BCUT2D eigenvalue weighted by molar-refractivity contribution is 7.99. The molecule has 13 nitrogen and oxygen atoms in total. The summed E-state index contributed by atoms with van der Waals surface area (Å²) in [7, 11) is 0. The number of hydrogen-bond donors (Lipinski definition) is 1. The normalized spacial score (nSPS) is 17.6. The summed E-state index contributed by atoms with van der Waals surface area (Å²) in [5.41, 5.74) is 2.18. The zero-order valence-electron chi connectivity index (χ0n) is 26.6. The molecule has 6 heterocycles. The van der Waals surface area contributed by atoms with Gasteiger partial charge in [0.25, 0.3) is 5.91 Å². The molecule has 2 aliphatic rings. The zero-order chi connectivity index (χ0) is 33.2. The smallest absolute Gasteiger partial charge is 0.387 e. The second-order valence-electron chi connectivity index (χ2n) is 12.2. The van der Waals surface area contributed by atoms with E-state index >= 15 is 0 Å². The molecule has 0 radical (unpaired) electrons. The van der Waals surface area contributed by atoms with E-state index < -0.39 is 12.5 Å². The second-order valence-corrected chi connectivity index (χ2v) is 13.8. The number of amides is 1. The number of aromatic nitrogens is 8. The lowest BCUT2D eigenvalue weighted by molar-refractivity contribution is -0.0494.